The van der Waals surface area contributed by atoms with Crippen LogP contribution in [0.2, 0.25) is 0 Å². The smallest absolute Gasteiger partial charge is 0.0440 e. The van der Waals surface area contributed by atoms with Crippen LogP contribution in [0, 0.1) is 0 Å². The summed E-state index contributed by atoms with van der Waals surface area (Å²) in [7, 11) is 0. The van der Waals surface area contributed by atoms with Crippen molar-refractivity contribution in [1.82, 2.24) is 0 Å². The van der Waals surface area contributed by atoms with Gasteiger partial charge in [0.2, 0.25) is 0 Å². The van der Waals surface area contributed by atoms with Crippen LogP contribution in [-0.4, -0.2) is 0 Å². The zero-order chi connectivity index (χ0) is 38.6. The minimum Gasteiger partial charge on any atom is -0.134 e. The van der Waals surface area contributed by atoms with Gasteiger partial charge in [-0.05, 0) is 110 Å². The molecule has 272 valence electrons. The number of hydrogen-bond donors (Lipinski definition) is 0. The van der Waals surface area contributed by atoms with Crippen LogP contribution in [0.4, 0.5) is 0 Å². The highest BCUT2D eigenvalue weighted by Gasteiger charge is 2.20. The third kappa shape index (κ3) is 4.77. The molecule has 1 heteroatoms. The molecule has 0 radical (unpaired) electrons. The van der Waals surface area contributed by atoms with E-state index in [9.17, 15) is 0 Å². The van der Waals surface area contributed by atoms with E-state index in [-0.39, 0.29) is 0 Å². The average Bonchev–Trinajstić information content (AvgIpc) is 3.72. The molecule has 13 rings (SSSR count). The topological polar surface area (TPSA) is 0 Å². The maximum absolute atomic E-state index is 2.43. The maximum atomic E-state index is 2.43. The Morgan fingerprint density at radius 3 is 1.20 bits per heavy atom. The molecule has 0 nitrogen and oxygen atoms in total. The highest BCUT2D eigenvalue weighted by atomic mass is 32.1. The van der Waals surface area contributed by atoms with Gasteiger partial charge < -0.3 is 0 Å². The zero-order valence-corrected chi connectivity index (χ0v) is 32.9. The molecule has 12 aromatic carbocycles. The van der Waals surface area contributed by atoms with E-state index in [1.165, 1.54) is 129 Å². The van der Waals surface area contributed by atoms with Gasteiger partial charge in [-0.2, -0.15) is 0 Å². The quantitative estimate of drug-likeness (QED) is 0.124. The van der Waals surface area contributed by atoms with E-state index >= 15 is 0 Å². The molecule has 0 bridgehead atoms. The molecule has 59 heavy (non-hydrogen) atoms. The van der Waals surface area contributed by atoms with E-state index in [1.54, 1.807) is 0 Å². The van der Waals surface area contributed by atoms with Crippen LogP contribution in [0.25, 0.3) is 129 Å². The standard InChI is InChI=1S/C58H34S/c1-2-14-38-33-40(30-27-35(38)13-1)54-48-22-10-8-20-46(48)53(47-21-9-11-23-49(47)54)37-28-25-36(26-29-37)39-31-32-51-52(34-39)43-17-4-7-19-45(43)56-55-44-18-6-3-15-41(44)42-16-5-12-24-50(42)57(55)59-58(51)56/h1-34H. The lowest BCUT2D eigenvalue weighted by atomic mass is 9.85. The number of thiophene rings is 1. The summed E-state index contributed by atoms with van der Waals surface area (Å²) in [5.41, 5.74) is 7.49. The Morgan fingerprint density at radius 1 is 0.220 bits per heavy atom. The molecule has 0 spiro atoms. The predicted molar refractivity (Wildman–Crippen MR) is 258 cm³/mol. The lowest BCUT2D eigenvalue weighted by Gasteiger charge is -2.18. The van der Waals surface area contributed by atoms with Crippen molar-refractivity contribution in [2.75, 3.05) is 0 Å². The molecule has 0 aliphatic rings. The summed E-state index contributed by atoms with van der Waals surface area (Å²) < 4.78 is 2.74. The van der Waals surface area contributed by atoms with Gasteiger partial charge in [0.25, 0.3) is 0 Å². The van der Waals surface area contributed by atoms with Crippen molar-refractivity contribution in [2.24, 2.45) is 0 Å². The number of benzene rings is 12. The number of fused-ring (bicyclic) bond motifs is 16. The van der Waals surface area contributed by atoms with E-state index in [0.717, 1.165) is 0 Å². The van der Waals surface area contributed by atoms with Crippen molar-refractivity contribution in [3.63, 3.8) is 0 Å². The predicted octanol–water partition coefficient (Wildman–Crippen LogP) is 17.1. The minimum atomic E-state index is 1.22. The van der Waals surface area contributed by atoms with Gasteiger partial charge in [0.1, 0.15) is 0 Å². The van der Waals surface area contributed by atoms with Gasteiger partial charge in [-0.1, -0.05) is 194 Å². The zero-order valence-electron chi connectivity index (χ0n) is 32.0. The summed E-state index contributed by atoms with van der Waals surface area (Å²) in [4.78, 5) is 0. The largest absolute Gasteiger partial charge is 0.134 e. The van der Waals surface area contributed by atoms with Gasteiger partial charge in [-0.25, -0.2) is 0 Å². The Hall–Kier alpha value is -7.32. The van der Waals surface area contributed by atoms with Gasteiger partial charge in [-0.3, -0.25) is 0 Å². The Labute approximate surface area is 344 Å². The molecule has 0 atom stereocenters. The third-order valence-corrected chi connectivity index (χ3v) is 14.1. The van der Waals surface area contributed by atoms with E-state index < -0.39 is 0 Å². The van der Waals surface area contributed by atoms with Crippen molar-refractivity contribution >= 4 is 107 Å². The first-order valence-electron chi connectivity index (χ1n) is 20.4. The fourth-order valence-electron chi connectivity index (χ4n) is 10.2. The van der Waals surface area contributed by atoms with Gasteiger partial charge >= 0.3 is 0 Å². The highest BCUT2D eigenvalue weighted by Crippen LogP contribution is 2.50. The van der Waals surface area contributed by atoms with Gasteiger partial charge in [-0.15, -0.1) is 11.3 Å². The lowest BCUT2D eigenvalue weighted by molar-refractivity contribution is 1.63. The Balaban J connectivity index is 0.992. The van der Waals surface area contributed by atoms with Crippen molar-refractivity contribution < 1.29 is 0 Å². The fourth-order valence-corrected chi connectivity index (χ4v) is 11.6. The summed E-state index contributed by atoms with van der Waals surface area (Å²) in [6.07, 6.45) is 0. The summed E-state index contributed by atoms with van der Waals surface area (Å²) in [5.74, 6) is 0. The summed E-state index contributed by atoms with van der Waals surface area (Å²) in [6.45, 7) is 0. The van der Waals surface area contributed by atoms with Crippen LogP contribution in [0.5, 0.6) is 0 Å². The van der Waals surface area contributed by atoms with Crippen LogP contribution in [0.15, 0.2) is 206 Å². The molecule has 0 aliphatic carbocycles. The molecular weight excluding hydrogens is 729 g/mol. The Morgan fingerprint density at radius 2 is 0.610 bits per heavy atom. The van der Waals surface area contributed by atoms with Crippen molar-refractivity contribution in [3.8, 4) is 33.4 Å². The molecule has 0 fully saturated rings. The molecule has 1 heterocycles. The molecule has 0 unspecified atom stereocenters. The molecule has 0 saturated heterocycles. The normalized spacial score (nSPS) is 12.1. The maximum Gasteiger partial charge on any atom is 0.0440 e. The summed E-state index contributed by atoms with van der Waals surface area (Å²) in [6, 6.07) is 76.7. The molecule has 0 N–H and O–H groups in total. The molecular formula is C58H34S. The fraction of sp³-hybridized carbons (Fsp3) is 0. The van der Waals surface area contributed by atoms with Crippen LogP contribution in [0.3, 0.4) is 0 Å². The van der Waals surface area contributed by atoms with E-state index in [0.29, 0.717) is 0 Å². The second kappa shape index (κ2) is 12.6. The molecule has 0 amide bonds. The number of hydrogen-bond acceptors (Lipinski definition) is 1. The van der Waals surface area contributed by atoms with Crippen LogP contribution in [0.1, 0.15) is 0 Å². The lowest BCUT2D eigenvalue weighted by Crippen LogP contribution is -1.91. The van der Waals surface area contributed by atoms with E-state index in [2.05, 4.69) is 206 Å². The van der Waals surface area contributed by atoms with Crippen LogP contribution >= 0.6 is 11.3 Å². The van der Waals surface area contributed by atoms with E-state index in [1.807, 2.05) is 11.3 Å². The first-order chi connectivity index (χ1) is 29.3. The monoisotopic (exact) mass is 762 g/mol. The van der Waals surface area contributed by atoms with Gasteiger partial charge in [0.15, 0.2) is 0 Å². The third-order valence-electron chi connectivity index (χ3n) is 12.8. The summed E-state index contributed by atoms with van der Waals surface area (Å²) >= 11 is 1.95. The van der Waals surface area contributed by atoms with Crippen molar-refractivity contribution in [3.05, 3.63) is 206 Å². The number of rotatable bonds is 3. The Kier molecular flexibility index (Phi) is 6.98. The molecule has 1 aromatic heterocycles. The van der Waals surface area contributed by atoms with Crippen LogP contribution < -0.4 is 0 Å². The van der Waals surface area contributed by atoms with Gasteiger partial charge in [0, 0.05) is 30.9 Å². The first kappa shape index (κ1) is 32.7. The molecule has 0 aliphatic heterocycles. The summed E-state index contributed by atoms with van der Waals surface area (Å²) in [5, 5.41) is 20.9. The second-order valence-electron chi connectivity index (χ2n) is 15.9. The van der Waals surface area contributed by atoms with Gasteiger partial charge in [0.05, 0.1) is 0 Å². The Bertz CT molecular complexity index is 3830. The van der Waals surface area contributed by atoms with Crippen molar-refractivity contribution in [1.29, 1.82) is 0 Å². The molecule has 0 saturated carbocycles. The highest BCUT2D eigenvalue weighted by molar-refractivity contribution is 7.28. The minimum absolute atomic E-state index is 1.22. The molecule has 13 aromatic rings. The SMILES string of the molecule is c1ccc2cc(-c3c4ccccc4c(-c4ccc(-c5ccc6c(c5)c5ccccc5c5c6sc6c7ccccc7c7ccccc7c65)cc4)c4ccccc34)ccc2c1. The average molecular weight is 763 g/mol. The van der Waals surface area contributed by atoms with Crippen LogP contribution in [-0.2, 0) is 0 Å². The first-order valence-corrected chi connectivity index (χ1v) is 21.2. The second-order valence-corrected chi connectivity index (χ2v) is 16.9. The van der Waals surface area contributed by atoms with Crippen molar-refractivity contribution in [2.45, 2.75) is 0 Å². The van der Waals surface area contributed by atoms with E-state index in [4.69, 9.17) is 0 Å².